The van der Waals surface area contributed by atoms with E-state index in [1.807, 2.05) is 0 Å². The summed E-state index contributed by atoms with van der Waals surface area (Å²) in [7, 11) is 0. The molecule has 0 aliphatic carbocycles. The van der Waals surface area contributed by atoms with Crippen LogP contribution in [-0.4, -0.2) is 27.4 Å². The van der Waals surface area contributed by atoms with Crippen LogP contribution in [0.2, 0.25) is 0 Å². The van der Waals surface area contributed by atoms with E-state index < -0.39 is 0 Å². The molecule has 6 heteroatoms. The van der Waals surface area contributed by atoms with Gasteiger partial charge in [-0.25, -0.2) is 0 Å². The molecule has 0 atom stereocenters. The van der Waals surface area contributed by atoms with Gasteiger partial charge in [0, 0.05) is 110 Å². The van der Waals surface area contributed by atoms with Crippen molar-refractivity contribution in [2.45, 2.75) is 0 Å². The number of benzene rings is 20. The van der Waals surface area contributed by atoms with Crippen molar-refractivity contribution in [2.24, 2.45) is 0 Å². The van der Waals surface area contributed by atoms with Gasteiger partial charge in [-0.2, -0.15) is 0 Å². The minimum absolute atomic E-state index is 1.09. The Bertz CT molecular complexity index is 8820. The molecule has 0 aliphatic rings. The van der Waals surface area contributed by atoms with Crippen molar-refractivity contribution in [3.05, 3.63) is 413 Å². The lowest BCUT2D eigenvalue weighted by Gasteiger charge is -2.16. The second-order valence-electron chi connectivity index (χ2n) is 31.9. The Morgan fingerprint density at radius 3 is 1.11 bits per heavy atom. The van der Waals surface area contributed by atoms with Gasteiger partial charge in [-0.15, -0.1) is 0 Å². The monoisotopic (exact) mass is 1500 g/mol. The fourth-order valence-electron chi connectivity index (χ4n) is 20.6. The molecule has 0 radical (unpaired) electrons. The normalized spacial score (nSPS) is 12.2. The number of aromatic nitrogens is 6. The molecule has 0 N–H and O–H groups in total. The van der Waals surface area contributed by atoms with Gasteiger partial charge in [-0.3, -0.25) is 0 Å². The van der Waals surface area contributed by atoms with Crippen LogP contribution in [0.4, 0.5) is 0 Å². The predicted molar refractivity (Wildman–Crippen MR) is 499 cm³/mol. The topological polar surface area (TPSA) is 29.6 Å². The lowest BCUT2D eigenvalue weighted by molar-refractivity contribution is 1.16. The van der Waals surface area contributed by atoms with Crippen molar-refractivity contribution >= 4 is 174 Å². The molecule has 0 bridgehead atoms. The summed E-state index contributed by atoms with van der Waals surface area (Å²) in [5.41, 5.74) is 27.8. The van der Waals surface area contributed by atoms with Gasteiger partial charge in [0.25, 0.3) is 0 Å². The van der Waals surface area contributed by atoms with Crippen LogP contribution >= 0.6 is 0 Å². The molecule has 546 valence electrons. The van der Waals surface area contributed by atoms with E-state index in [-0.39, 0.29) is 0 Å². The molecule has 26 aromatic rings. The first-order valence-electron chi connectivity index (χ1n) is 40.8. The third-order valence-electron chi connectivity index (χ3n) is 25.6. The summed E-state index contributed by atoms with van der Waals surface area (Å²) in [6, 6.07) is 154. The molecule has 118 heavy (non-hydrogen) atoms. The van der Waals surface area contributed by atoms with E-state index >= 15 is 0 Å². The minimum Gasteiger partial charge on any atom is -0.309 e. The van der Waals surface area contributed by atoms with Gasteiger partial charge in [0.05, 0.1) is 66.2 Å². The number of rotatable bonds is 9. The molecule has 0 saturated heterocycles. The standard InChI is InChI=1S/C112H68N6/c1-3-28-78(29-4-1)113-100-42-20-15-36-89(100)94-65-76(51-58-103(94)113)108-84-32-11-9-26-73(84)63-96-91-38-17-22-44-102(91)117(111(96)108)82-55-59-104-95(67-82)90-37-16-21-43-101(90)115(104)80-53-49-71-60-75(47-46-72(71)62-80)86-39-23-45-105-110(86)97-64-74-27-10-12-33-85(74)109(112(97)118(105)83-54-57-93-88-35-13-18-40-98(88)114(107(93)68-83)79-30-5-2-6-31-79)77-50-56-92-87-34-14-19-41-99(87)116(106(92)66-77)81-52-48-69-24-7-8-25-70(69)61-81/h1-68H. The fraction of sp³-hybridized carbons (Fsp3) is 0. The van der Waals surface area contributed by atoms with Gasteiger partial charge in [0.15, 0.2) is 0 Å². The Morgan fingerprint density at radius 2 is 0.483 bits per heavy atom. The maximum Gasteiger partial charge on any atom is 0.0626 e. The van der Waals surface area contributed by atoms with Crippen LogP contribution < -0.4 is 0 Å². The van der Waals surface area contributed by atoms with Crippen LogP contribution in [0.25, 0.3) is 241 Å². The van der Waals surface area contributed by atoms with Crippen LogP contribution in [0, 0.1) is 0 Å². The molecule has 6 heterocycles. The van der Waals surface area contributed by atoms with E-state index in [1.54, 1.807) is 0 Å². The zero-order valence-electron chi connectivity index (χ0n) is 63.9. The van der Waals surface area contributed by atoms with Crippen LogP contribution in [0.5, 0.6) is 0 Å². The fourth-order valence-corrected chi connectivity index (χ4v) is 20.6. The Hall–Kier alpha value is -15.8. The highest BCUT2D eigenvalue weighted by atomic mass is 15.0. The maximum atomic E-state index is 2.59. The lowest BCUT2D eigenvalue weighted by atomic mass is 9.92. The molecule has 0 unspecified atom stereocenters. The quantitative estimate of drug-likeness (QED) is 0.138. The van der Waals surface area contributed by atoms with E-state index in [2.05, 4.69) is 440 Å². The summed E-state index contributed by atoms with van der Waals surface area (Å²) >= 11 is 0. The minimum atomic E-state index is 1.09. The van der Waals surface area contributed by atoms with E-state index in [0.29, 0.717) is 0 Å². The maximum absolute atomic E-state index is 2.59. The third-order valence-corrected chi connectivity index (χ3v) is 25.6. The van der Waals surface area contributed by atoms with Crippen LogP contribution in [0.15, 0.2) is 413 Å². The summed E-state index contributed by atoms with van der Waals surface area (Å²) in [6.07, 6.45) is 0. The first kappa shape index (κ1) is 64.7. The average Bonchev–Trinajstić information content (AvgIpc) is 1.55. The average molecular weight is 1500 g/mol. The summed E-state index contributed by atoms with van der Waals surface area (Å²) in [6.45, 7) is 0. The van der Waals surface area contributed by atoms with Crippen molar-refractivity contribution in [1.29, 1.82) is 0 Å². The van der Waals surface area contributed by atoms with Crippen LogP contribution in [-0.2, 0) is 0 Å². The number of hydrogen-bond donors (Lipinski definition) is 0. The summed E-state index contributed by atoms with van der Waals surface area (Å²) in [5.74, 6) is 0. The van der Waals surface area contributed by atoms with Gasteiger partial charge >= 0.3 is 0 Å². The third kappa shape index (κ3) is 9.33. The molecule has 26 rings (SSSR count). The van der Waals surface area contributed by atoms with Gasteiger partial charge in [-0.1, -0.05) is 261 Å². The number of fused-ring (bicyclic) bond motifs is 22. The highest BCUT2D eigenvalue weighted by molar-refractivity contribution is 6.27. The lowest BCUT2D eigenvalue weighted by Crippen LogP contribution is -1.98. The molecular weight excluding hydrogens is 1430 g/mol. The van der Waals surface area contributed by atoms with Crippen molar-refractivity contribution in [1.82, 2.24) is 27.4 Å². The molecule has 0 fully saturated rings. The van der Waals surface area contributed by atoms with Gasteiger partial charge in [0.2, 0.25) is 0 Å². The molecule has 0 spiro atoms. The van der Waals surface area contributed by atoms with E-state index in [9.17, 15) is 0 Å². The van der Waals surface area contributed by atoms with E-state index in [0.717, 1.165) is 83.7 Å². The summed E-state index contributed by atoms with van der Waals surface area (Å²) in [4.78, 5) is 0. The van der Waals surface area contributed by atoms with Crippen molar-refractivity contribution in [2.75, 3.05) is 0 Å². The smallest absolute Gasteiger partial charge is 0.0626 e. The highest BCUT2D eigenvalue weighted by Gasteiger charge is 2.28. The first-order valence-corrected chi connectivity index (χ1v) is 40.8. The van der Waals surface area contributed by atoms with Crippen LogP contribution in [0.1, 0.15) is 0 Å². The Morgan fingerprint density at radius 1 is 0.136 bits per heavy atom. The van der Waals surface area contributed by atoms with Gasteiger partial charge in [-0.05, 0) is 217 Å². The van der Waals surface area contributed by atoms with E-state index in [1.165, 1.54) is 158 Å². The second kappa shape index (κ2) is 24.9. The Labute approximate surface area is 676 Å². The highest BCUT2D eigenvalue weighted by Crippen LogP contribution is 2.51. The van der Waals surface area contributed by atoms with Gasteiger partial charge < -0.3 is 27.4 Å². The zero-order chi connectivity index (χ0) is 77.0. The number of hydrogen-bond acceptors (Lipinski definition) is 0. The SMILES string of the molecule is c1ccc(-n2c3ccccc3c3cc(-c4c5ccccc5cc5c6ccccc6n(-c6ccc7c(c6)c6ccccc6n7-c6ccc7cc(-c8cccc9c8c8cc%10ccccc%10c(-c%10ccc%11c%12ccccc%12n(-c%12ccc%13ccccc%13c%12)c%11c%10)c8n9-c8ccc9c%10ccccc%10n(-c%10ccccc%10)c9c8)ccc7c6)c45)ccc32)cc1. The van der Waals surface area contributed by atoms with Gasteiger partial charge in [0.1, 0.15) is 0 Å². The molecule has 6 nitrogen and oxygen atoms in total. The first-order chi connectivity index (χ1) is 58.5. The summed E-state index contributed by atoms with van der Waals surface area (Å²) in [5, 5.41) is 24.2. The number of nitrogens with zero attached hydrogens (tertiary/aromatic N) is 6. The molecular formula is C112H68N6. The summed E-state index contributed by atoms with van der Waals surface area (Å²) < 4.78 is 14.9. The molecule has 6 aromatic heterocycles. The Kier molecular flexibility index (Phi) is 13.6. The second-order valence-corrected chi connectivity index (χ2v) is 31.9. The predicted octanol–water partition coefficient (Wildman–Crippen LogP) is 29.9. The molecule has 0 amide bonds. The molecule has 0 saturated carbocycles. The van der Waals surface area contributed by atoms with Crippen LogP contribution in [0.3, 0.4) is 0 Å². The van der Waals surface area contributed by atoms with E-state index in [4.69, 9.17) is 0 Å². The largest absolute Gasteiger partial charge is 0.309 e. The molecule has 0 aliphatic heterocycles. The van der Waals surface area contributed by atoms with Crippen molar-refractivity contribution in [3.63, 3.8) is 0 Å². The molecule has 20 aromatic carbocycles. The van der Waals surface area contributed by atoms with Crippen molar-refractivity contribution < 1.29 is 0 Å². The zero-order valence-corrected chi connectivity index (χ0v) is 63.9. The van der Waals surface area contributed by atoms with Crippen molar-refractivity contribution in [3.8, 4) is 67.5 Å². The number of para-hydroxylation sites is 7. The Balaban J connectivity index is 0.652.